The first-order chi connectivity index (χ1) is 17.1. The zero-order valence-corrected chi connectivity index (χ0v) is 22.2. The van der Waals surface area contributed by atoms with Gasteiger partial charge in [0.2, 0.25) is 0 Å². The summed E-state index contributed by atoms with van der Waals surface area (Å²) in [4.78, 5) is 12.5. The fraction of sp³-hybridized carbons (Fsp3) is 0.581. The highest BCUT2D eigenvalue weighted by molar-refractivity contribution is 5.91. The van der Waals surface area contributed by atoms with Crippen LogP contribution in [0.15, 0.2) is 48.5 Å². The first-order valence-corrected chi connectivity index (χ1v) is 13.7. The Labute approximate surface area is 213 Å². The number of rotatable bonds is 19. The van der Waals surface area contributed by atoms with E-state index in [2.05, 4.69) is 20.8 Å². The van der Waals surface area contributed by atoms with E-state index in [0.29, 0.717) is 17.2 Å². The van der Waals surface area contributed by atoms with Gasteiger partial charge in [0, 0.05) is 13.2 Å². The summed E-state index contributed by atoms with van der Waals surface area (Å²) in [7, 11) is 0. The number of carbonyl (C=O) groups excluding carboxylic acids is 1. The van der Waals surface area contributed by atoms with Gasteiger partial charge in [-0.25, -0.2) is 4.79 Å². The Kier molecular flexibility index (Phi) is 14.9. The average molecular weight is 483 g/mol. The van der Waals surface area contributed by atoms with Gasteiger partial charge in [-0.05, 0) is 67.1 Å². The lowest BCUT2D eigenvalue weighted by atomic mass is 10.1. The van der Waals surface area contributed by atoms with Crippen molar-refractivity contribution >= 4 is 5.97 Å². The normalized spacial score (nSPS) is 11.9. The molecule has 0 aromatic heterocycles. The maximum atomic E-state index is 12.5. The van der Waals surface area contributed by atoms with E-state index in [0.717, 1.165) is 51.3 Å². The third kappa shape index (κ3) is 12.8. The molecule has 0 amide bonds. The monoisotopic (exact) mass is 482 g/mol. The first kappa shape index (κ1) is 28.9. The second-order valence-electron chi connectivity index (χ2n) is 9.57. The highest BCUT2D eigenvalue weighted by Gasteiger charge is 2.09. The third-order valence-electron chi connectivity index (χ3n) is 6.34. The van der Waals surface area contributed by atoms with Crippen LogP contribution in [-0.2, 0) is 11.2 Å². The fourth-order valence-electron chi connectivity index (χ4n) is 3.78. The van der Waals surface area contributed by atoms with Crippen LogP contribution >= 0.6 is 0 Å². The SMILES string of the molecule is CCCCCCCCCCOc1ccc(OC(=O)c2ccc(CCCOC[C@@H](C)CC)cc2)cc1. The highest BCUT2D eigenvalue weighted by Crippen LogP contribution is 2.20. The topological polar surface area (TPSA) is 44.8 Å². The van der Waals surface area contributed by atoms with E-state index in [1.54, 1.807) is 12.1 Å². The molecule has 0 spiro atoms. The van der Waals surface area contributed by atoms with Gasteiger partial charge in [0.25, 0.3) is 0 Å². The molecule has 2 aromatic carbocycles. The molecule has 0 bridgehead atoms. The molecule has 2 rings (SSSR count). The summed E-state index contributed by atoms with van der Waals surface area (Å²) >= 11 is 0. The Hall–Kier alpha value is -2.33. The van der Waals surface area contributed by atoms with Crippen LogP contribution in [0.5, 0.6) is 11.5 Å². The number of hydrogen-bond donors (Lipinski definition) is 0. The molecule has 0 aliphatic heterocycles. The zero-order valence-electron chi connectivity index (χ0n) is 22.2. The van der Waals surface area contributed by atoms with Gasteiger partial charge in [0.1, 0.15) is 11.5 Å². The third-order valence-corrected chi connectivity index (χ3v) is 6.34. The first-order valence-electron chi connectivity index (χ1n) is 13.7. The number of esters is 1. The average Bonchev–Trinajstić information content (AvgIpc) is 2.88. The highest BCUT2D eigenvalue weighted by atomic mass is 16.5. The molecule has 35 heavy (non-hydrogen) atoms. The number of benzene rings is 2. The van der Waals surface area contributed by atoms with Crippen molar-refractivity contribution in [1.82, 2.24) is 0 Å². The van der Waals surface area contributed by atoms with Crippen molar-refractivity contribution in [3.05, 3.63) is 59.7 Å². The fourth-order valence-corrected chi connectivity index (χ4v) is 3.78. The van der Waals surface area contributed by atoms with Crippen LogP contribution in [0.1, 0.15) is 101 Å². The van der Waals surface area contributed by atoms with Crippen molar-refractivity contribution in [1.29, 1.82) is 0 Å². The van der Waals surface area contributed by atoms with Crippen LogP contribution in [0.4, 0.5) is 0 Å². The zero-order chi connectivity index (χ0) is 25.1. The van der Waals surface area contributed by atoms with Gasteiger partial charge in [-0.15, -0.1) is 0 Å². The molecular formula is C31H46O4. The minimum atomic E-state index is -0.346. The van der Waals surface area contributed by atoms with Gasteiger partial charge in [-0.1, -0.05) is 84.3 Å². The summed E-state index contributed by atoms with van der Waals surface area (Å²) in [6, 6.07) is 14.9. The Morgan fingerprint density at radius 1 is 0.743 bits per heavy atom. The van der Waals surface area contributed by atoms with Gasteiger partial charge >= 0.3 is 5.97 Å². The summed E-state index contributed by atoms with van der Waals surface area (Å²) in [6.45, 7) is 8.97. The lowest BCUT2D eigenvalue weighted by Gasteiger charge is -2.09. The summed E-state index contributed by atoms with van der Waals surface area (Å²) < 4.78 is 17.1. The molecule has 0 aliphatic rings. The molecule has 0 heterocycles. The largest absolute Gasteiger partial charge is 0.494 e. The van der Waals surface area contributed by atoms with Crippen molar-refractivity contribution in [2.45, 2.75) is 91.4 Å². The van der Waals surface area contributed by atoms with Gasteiger partial charge in [0.05, 0.1) is 12.2 Å². The molecule has 2 aromatic rings. The maximum Gasteiger partial charge on any atom is 0.343 e. The van der Waals surface area contributed by atoms with Gasteiger partial charge in [-0.2, -0.15) is 0 Å². The summed E-state index contributed by atoms with van der Waals surface area (Å²) in [5.41, 5.74) is 1.75. The van der Waals surface area contributed by atoms with Crippen LogP contribution in [0, 0.1) is 5.92 Å². The maximum absolute atomic E-state index is 12.5. The van der Waals surface area contributed by atoms with Crippen LogP contribution in [-0.4, -0.2) is 25.8 Å². The lowest BCUT2D eigenvalue weighted by molar-refractivity contribution is 0.0734. The molecule has 4 heteroatoms. The molecule has 0 N–H and O–H groups in total. The van der Waals surface area contributed by atoms with Gasteiger partial charge in [-0.3, -0.25) is 0 Å². The second kappa shape index (κ2) is 18.0. The van der Waals surface area contributed by atoms with Crippen LogP contribution in [0.2, 0.25) is 0 Å². The number of carbonyl (C=O) groups is 1. The van der Waals surface area contributed by atoms with Crippen molar-refractivity contribution < 1.29 is 19.0 Å². The Morgan fingerprint density at radius 3 is 2.03 bits per heavy atom. The number of unbranched alkanes of at least 4 members (excludes halogenated alkanes) is 7. The van der Waals surface area contributed by atoms with E-state index in [4.69, 9.17) is 14.2 Å². The summed E-state index contributed by atoms with van der Waals surface area (Å²) in [5.74, 6) is 1.60. The smallest absolute Gasteiger partial charge is 0.343 e. The molecule has 0 fully saturated rings. The number of ether oxygens (including phenoxy) is 3. The van der Waals surface area contributed by atoms with E-state index in [1.165, 1.54) is 50.5 Å². The van der Waals surface area contributed by atoms with E-state index in [-0.39, 0.29) is 5.97 Å². The molecule has 1 atom stereocenters. The van der Waals surface area contributed by atoms with Crippen molar-refractivity contribution in [3.63, 3.8) is 0 Å². The molecule has 194 valence electrons. The predicted molar refractivity (Wildman–Crippen MR) is 145 cm³/mol. The van der Waals surface area contributed by atoms with E-state index in [9.17, 15) is 4.79 Å². The molecular weight excluding hydrogens is 436 g/mol. The van der Waals surface area contributed by atoms with Crippen LogP contribution in [0.25, 0.3) is 0 Å². The molecule has 0 unspecified atom stereocenters. The molecule has 0 saturated carbocycles. The second-order valence-corrected chi connectivity index (χ2v) is 9.57. The molecule has 4 nitrogen and oxygen atoms in total. The molecule has 0 aliphatic carbocycles. The van der Waals surface area contributed by atoms with E-state index >= 15 is 0 Å². The van der Waals surface area contributed by atoms with Crippen molar-refractivity contribution in [2.24, 2.45) is 5.92 Å². The Morgan fingerprint density at radius 2 is 1.37 bits per heavy atom. The minimum absolute atomic E-state index is 0.346. The quantitative estimate of drug-likeness (QED) is 0.114. The van der Waals surface area contributed by atoms with Crippen LogP contribution in [0.3, 0.4) is 0 Å². The van der Waals surface area contributed by atoms with Crippen molar-refractivity contribution in [3.8, 4) is 11.5 Å². The lowest BCUT2D eigenvalue weighted by Crippen LogP contribution is -2.08. The van der Waals surface area contributed by atoms with Crippen molar-refractivity contribution in [2.75, 3.05) is 19.8 Å². The standard InChI is InChI=1S/C31H46O4/c1-4-6-7-8-9-10-11-12-24-34-29-19-21-30(22-20-29)35-31(32)28-17-15-27(16-18-28)14-13-23-33-25-26(3)5-2/h15-22,26H,4-14,23-25H2,1-3H3/t26-/m0/s1. The van der Waals surface area contributed by atoms with E-state index in [1.807, 2.05) is 36.4 Å². The number of hydrogen-bond acceptors (Lipinski definition) is 4. The van der Waals surface area contributed by atoms with E-state index < -0.39 is 0 Å². The Balaban J connectivity index is 1.62. The molecule has 0 radical (unpaired) electrons. The Bertz CT molecular complexity index is 798. The number of aryl methyl sites for hydroxylation is 1. The summed E-state index contributed by atoms with van der Waals surface area (Å²) in [5, 5.41) is 0. The van der Waals surface area contributed by atoms with Gasteiger partial charge in [0.15, 0.2) is 0 Å². The predicted octanol–water partition coefficient (Wildman–Crippen LogP) is 8.42. The van der Waals surface area contributed by atoms with Gasteiger partial charge < -0.3 is 14.2 Å². The summed E-state index contributed by atoms with van der Waals surface area (Å²) in [6.07, 6.45) is 13.4. The minimum Gasteiger partial charge on any atom is -0.494 e. The van der Waals surface area contributed by atoms with Crippen LogP contribution < -0.4 is 9.47 Å². The molecule has 0 saturated heterocycles.